The molecule has 0 aromatic heterocycles. The molecule has 0 spiro atoms. The Hall–Kier alpha value is -3.39. The van der Waals surface area contributed by atoms with Crippen molar-refractivity contribution in [1.82, 2.24) is 4.90 Å². The summed E-state index contributed by atoms with van der Waals surface area (Å²) in [5.74, 6) is -1.98. The van der Waals surface area contributed by atoms with Gasteiger partial charge >= 0.3 is 6.18 Å². The van der Waals surface area contributed by atoms with Crippen LogP contribution in [-0.2, 0) is 41.6 Å². The van der Waals surface area contributed by atoms with E-state index in [0.717, 1.165) is 22.8 Å². The number of benzene rings is 3. The molecular formula is C26H21ClF4N2O2. The summed E-state index contributed by atoms with van der Waals surface area (Å²) in [5.41, 5.74) is 1.69. The minimum absolute atomic E-state index is 0.00767. The van der Waals surface area contributed by atoms with Crippen LogP contribution in [0.2, 0.25) is 5.02 Å². The molecule has 0 atom stereocenters. The average molecular weight is 505 g/mol. The molecule has 0 saturated carbocycles. The molecule has 0 radical (unpaired) electrons. The van der Waals surface area contributed by atoms with Crippen molar-refractivity contribution in [3.8, 4) is 0 Å². The summed E-state index contributed by atoms with van der Waals surface area (Å²) in [6.45, 7) is 0.817. The van der Waals surface area contributed by atoms with Crippen LogP contribution < -0.4 is 5.32 Å². The fourth-order valence-electron chi connectivity index (χ4n) is 4.13. The van der Waals surface area contributed by atoms with Crippen LogP contribution in [0, 0.1) is 5.82 Å². The van der Waals surface area contributed by atoms with Crippen LogP contribution in [0.15, 0.2) is 60.7 Å². The molecule has 0 saturated heterocycles. The molecule has 4 rings (SSSR count). The second kappa shape index (κ2) is 10.1. The van der Waals surface area contributed by atoms with Gasteiger partial charge in [-0.2, -0.15) is 13.2 Å². The number of amides is 2. The minimum Gasteiger partial charge on any atom is -0.338 e. The Labute approximate surface area is 204 Å². The van der Waals surface area contributed by atoms with Crippen LogP contribution in [-0.4, -0.2) is 23.3 Å². The highest BCUT2D eigenvalue weighted by molar-refractivity contribution is 6.34. The third kappa shape index (κ3) is 5.82. The molecule has 0 bridgehead atoms. The second-order valence-electron chi connectivity index (χ2n) is 8.32. The standard InChI is InChI=1S/C26H21ClF4N2O2/c27-21-9-7-18-15-33(24(35)14-16-4-2-1-3-5-16)11-10-19(18)25(21)32-23(34)13-17-6-8-20(22(28)12-17)26(29,30)31/h1-9,12H,10-11,13-15H2,(H,32,34). The fraction of sp³-hybridized carbons (Fsp3) is 0.231. The van der Waals surface area contributed by atoms with Gasteiger partial charge in [-0.25, -0.2) is 4.39 Å². The lowest BCUT2D eigenvalue weighted by Gasteiger charge is -2.30. The van der Waals surface area contributed by atoms with Crippen LogP contribution in [0.1, 0.15) is 27.8 Å². The molecule has 0 aliphatic carbocycles. The third-order valence-corrected chi connectivity index (χ3v) is 6.19. The number of carbonyl (C=O) groups is 2. The molecule has 3 aromatic rings. The number of nitrogens with one attached hydrogen (secondary N) is 1. The highest BCUT2D eigenvalue weighted by Crippen LogP contribution is 2.34. The van der Waals surface area contributed by atoms with Crippen molar-refractivity contribution in [2.45, 2.75) is 32.0 Å². The summed E-state index contributed by atoms with van der Waals surface area (Å²) in [7, 11) is 0. The van der Waals surface area contributed by atoms with E-state index in [1.165, 1.54) is 0 Å². The lowest BCUT2D eigenvalue weighted by atomic mass is 9.96. The van der Waals surface area contributed by atoms with Crippen molar-refractivity contribution in [3.63, 3.8) is 0 Å². The van der Waals surface area contributed by atoms with E-state index in [0.29, 0.717) is 42.4 Å². The molecule has 1 aliphatic heterocycles. The fourth-order valence-corrected chi connectivity index (χ4v) is 4.35. The van der Waals surface area contributed by atoms with Crippen molar-refractivity contribution >= 4 is 29.1 Å². The monoisotopic (exact) mass is 504 g/mol. The Balaban J connectivity index is 1.45. The van der Waals surface area contributed by atoms with Crippen molar-refractivity contribution in [3.05, 3.63) is 99.3 Å². The topological polar surface area (TPSA) is 49.4 Å². The maximum Gasteiger partial charge on any atom is 0.419 e. The maximum atomic E-state index is 13.8. The first-order valence-corrected chi connectivity index (χ1v) is 11.3. The van der Waals surface area contributed by atoms with E-state index < -0.39 is 23.5 Å². The van der Waals surface area contributed by atoms with Crippen molar-refractivity contribution < 1.29 is 27.2 Å². The Morgan fingerprint density at radius 1 is 0.971 bits per heavy atom. The lowest BCUT2D eigenvalue weighted by Crippen LogP contribution is -2.37. The number of fused-ring (bicyclic) bond motifs is 1. The van der Waals surface area contributed by atoms with Gasteiger partial charge in [0.05, 0.1) is 29.1 Å². The SMILES string of the molecule is O=C(Cc1ccc(C(F)(F)F)c(F)c1)Nc1c(Cl)ccc2c1CCN(C(=O)Cc1ccccc1)C2. The van der Waals surface area contributed by atoms with E-state index in [1.807, 2.05) is 30.3 Å². The van der Waals surface area contributed by atoms with Gasteiger partial charge in [0.25, 0.3) is 0 Å². The van der Waals surface area contributed by atoms with Gasteiger partial charge in [0.15, 0.2) is 0 Å². The number of nitrogens with zero attached hydrogens (tertiary/aromatic N) is 1. The second-order valence-corrected chi connectivity index (χ2v) is 8.73. The van der Waals surface area contributed by atoms with E-state index in [4.69, 9.17) is 11.6 Å². The first kappa shape index (κ1) is 24.7. The summed E-state index contributed by atoms with van der Waals surface area (Å²) in [5, 5.41) is 3.02. The van der Waals surface area contributed by atoms with Gasteiger partial charge in [0.1, 0.15) is 5.82 Å². The summed E-state index contributed by atoms with van der Waals surface area (Å²) < 4.78 is 52.1. The Morgan fingerprint density at radius 3 is 2.40 bits per heavy atom. The average Bonchev–Trinajstić information content (AvgIpc) is 2.80. The molecule has 35 heavy (non-hydrogen) atoms. The highest BCUT2D eigenvalue weighted by Gasteiger charge is 2.34. The zero-order valence-corrected chi connectivity index (χ0v) is 19.2. The summed E-state index contributed by atoms with van der Waals surface area (Å²) >= 11 is 6.33. The van der Waals surface area contributed by atoms with Crippen molar-refractivity contribution in [1.29, 1.82) is 0 Å². The molecule has 0 unspecified atom stereocenters. The highest BCUT2D eigenvalue weighted by atomic mass is 35.5. The van der Waals surface area contributed by atoms with Gasteiger partial charge in [0.2, 0.25) is 11.8 Å². The largest absolute Gasteiger partial charge is 0.419 e. The molecule has 9 heteroatoms. The third-order valence-electron chi connectivity index (χ3n) is 5.87. The molecule has 1 heterocycles. The van der Waals surface area contributed by atoms with Crippen LogP contribution in [0.25, 0.3) is 0 Å². The Morgan fingerprint density at radius 2 is 1.71 bits per heavy atom. The molecule has 0 fully saturated rings. The lowest BCUT2D eigenvalue weighted by molar-refractivity contribution is -0.140. The number of anilines is 1. The smallest absolute Gasteiger partial charge is 0.338 e. The first-order valence-electron chi connectivity index (χ1n) is 10.9. The van der Waals surface area contributed by atoms with Crippen LogP contribution in [0.5, 0.6) is 0 Å². The number of alkyl halides is 3. The molecule has 182 valence electrons. The minimum atomic E-state index is -4.81. The van der Waals surface area contributed by atoms with Crippen LogP contribution >= 0.6 is 11.6 Å². The Bertz CT molecular complexity index is 1260. The summed E-state index contributed by atoms with van der Waals surface area (Å²) in [4.78, 5) is 27.1. The summed E-state index contributed by atoms with van der Waals surface area (Å²) in [6, 6.07) is 15.3. The molecule has 1 N–H and O–H groups in total. The zero-order chi connectivity index (χ0) is 25.2. The molecular weight excluding hydrogens is 484 g/mol. The number of halogens is 5. The summed E-state index contributed by atoms with van der Waals surface area (Å²) in [6.07, 6.45) is -4.37. The van der Waals surface area contributed by atoms with Gasteiger partial charge in [-0.1, -0.05) is 54.1 Å². The molecule has 3 aromatic carbocycles. The maximum absolute atomic E-state index is 13.8. The molecule has 2 amide bonds. The number of carbonyl (C=O) groups excluding carboxylic acids is 2. The van der Waals surface area contributed by atoms with Crippen LogP contribution in [0.4, 0.5) is 23.2 Å². The number of hydrogen-bond donors (Lipinski definition) is 1. The quantitative estimate of drug-likeness (QED) is 0.446. The molecule has 4 nitrogen and oxygen atoms in total. The van der Waals surface area contributed by atoms with Gasteiger partial charge < -0.3 is 10.2 Å². The van der Waals surface area contributed by atoms with Crippen molar-refractivity contribution in [2.24, 2.45) is 0 Å². The normalized spacial score (nSPS) is 13.3. The van der Waals surface area contributed by atoms with Gasteiger partial charge in [-0.05, 0) is 46.9 Å². The molecule has 1 aliphatic rings. The van der Waals surface area contributed by atoms with Gasteiger partial charge in [-0.3, -0.25) is 9.59 Å². The van der Waals surface area contributed by atoms with E-state index in [-0.39, 0.29) is 24.3 Å². The van der Waals surface area contributed by atoms with E-state index in [9.17, 15) is 27.2 Å². The van der Waals surface area contributed by atoms with Gasteiger partial charge in [0, 0.05) is 13.1 Å². The first-order chi connectivity index (χ1) is 16.6. The predicted octanol–water partition coefficient (Wildman–Crippen LogP) is 5.81. The van der Waals surface area contributed by atoms with E-state index >= 15 is 0 Å². The number of hydrogen-bond acceptors (Lipinski definition) is 2. The van der Waals surface area contributed by atoms with Gasteiger partial charge in [-0.15, -0.1) is 0 Å². The van der Waals surface area contributed by atoms with E-state index in [2.05, 4.69) is 5.32 Å². The van der Waals surface area contributed by atoms with Crippen LogP contribution in [0.3, 0.4) is 0 Å². The van der Waals surface area contributed by atoms with E-state index in [1.54, 1.807) is 17.0 Å². The van der Waals surface area contributed by atoms with Crippen molar-refractivity contribution in [2.75, 3.05) is 11.9 Å². The Kier molecular flexibility index (Phi) is 7.12. The number of rotatable bonds is 5. The predicted molar refractivity (Wildman–Crippen MR) is 124 cm³/mol. The zero-order valence-electron chi connectivity index (χ0n) is 18.5.